The fourth-order valence-electron chi connectivity index (χ4n) is 4.70. The van der Waals surface area contributed by atoms with Gasteiger partial charge in [-0.25, -0.2) is 0 Å². The van der Waals surface area contributed by atoms with Crippen LogP contribution in [-0.2, 0) is 4.79 Å². The number of fused-ring (bicyclic) bond motifs is 1. The number of hydrogen-bond donors (Lipinski definition) is 1. The predicted molar refractivity (Wildman–Crippen MR) is 115 cm³/mol. The Morgan fingerprint density at radius 2 is 1.68 bits per heavy atom. The van der Waals surface area contributed by atoms with Gasteiger partial charge in [-0.05, 0) is 34.8 Å². The third-order valence-electron chi connectivity index (χ3n) is 5.55. The van der Waals surface area contributed by atoms with Gasteiger partial charge in [0.15, 0.2) is 8.24 Å². The minimum absolute atomic E-state index is 0.0601. The van der Waals surface area contributed by atoms with Crippen molar-refractivity contribution in [3.8, 4) is 0 Å². The molecule has 0 saturated carbocycles. The zero-order valence-electron chi connectivity index (χ0n) is 16.5. The van der Waals surface area contributed by atoms with Gasteiger partial charge in [-0.1, -0.05) is 64.4 Å². The molecule has 0 spiro atoms. The van der Waals surface area contributed by atoms with Gasteiger partial charge in [-0.3, -0.25) is 4.79 Å². The number of halogens is 1. The van der Waals surface area contributed by atoms with Crippen LogP contribution in [0.3, 0.4) is 0 Å². The van der Waals surface area contributed by atoms with Crippen molar-refractivity contribution in [3.63, 3.8) is 0 Å². The molecule has 0 aliphatic heterocycles. The van der Waals surface area contributed by atoms with E-state index in [-0.39, 0.29) is 5.91 Å². The highest BCUT2D eigenvalue weighted by molar-refractivity contribution is 9.10. The summed E-state index contributed by atoms with van der Waals surface area (Å²) in [6.07, 6.45) is 2.69. The van der Waals surface area contributed by atoms with Crippen LogP contribution in [0.25, 0.3) is 10.9 Å². The molecule has 2 aromatic rings. The van der Waals surface area contributed by atoms with Gasteiger partial charge in [-0.2, -0.15) is 0 Å². The number of nitrogens with one attached hydrogen (secondary N) is 1. The van der Waals surface area contributed by atoms with Crippen molar-refractivity contribution in [2.45, 2.75) is 71.5 Å². The normalized spacial score (nSPS) is 12.6. The van der Waals surface area contributed by atoms with E-state index in [0.717, 1.165) is 15.5 Å². The Kier molecular flexibility index (Phi) is 6.20. The first-order valence-corrected chi connectivity index (χ1v) is 12.2. The first-order chi connectivity index (χ1) is 11.7. The molecule has 138 valence electrons. The van der Waals surface area contributed by atoms with Gasteiger partial charge < -0.3 is 9.55 Å². The van der Waals surface area contributed by atoms with Crippen molar-refractivity contribution >= 4 is 46.7 Å². The predicted octanol–water partition coefficient (Wildman–Crippen LogP) is 6.78. The molecular weight excluding hydrogens is 392 g/mol. The molecule has 3 nitrogen and oxygen atoms in total. The lowest BCUT2D eigenvalue weighted by atomic mass is 10.2. The minimum atomic E-state index is -1.88. The summed E-state index contributed by atoms with van der Waals surface area (Å²) in [5.74, 6) is 0.0601. The lowest BCUT2D eigenvalue weighted by Crippen LogP contribution is -2.51. The van der Waals surface area contributed by atoms with Gasteiger partial charge in [0.2, 0.25) is 5.91 Å². The second-order valence-electron chi connectivity index (χ2n) is 7.83. The first kappa shape index (κ1) is 20.2. The van der Waals surface area contributed by atoms with E-state index >= 15 is 0 Å². The molecule has 1 aromatic carbocycles. The van der Waals surface area contributed by atoms with E-state index in [1.54, 1.807) is 0 Å². The highest BCUT2D eigenvalue weighted by Crippen LogP contribution is 2.45. The number of rotatable bonds is 6. The summed E-state index contributed by atoms with van der Waals surface area (Å²) in [4.78, 5) is 12.0. The molecule has 0 radical (unpaired) electrons. The fourth-order valence-corrected chi connectivity index (χ4v) is 11.7. The van der Waals surface area contributed by atoms with E-state index in [0.29, 0.717) is 23.0 Å². The number of aromatic nitrogens is 1. The Hall–Kier alpha value is -1.07. The number of anilines is 1. The van der Waals surface area contributed by atoms with Gasteiger partial charge in [0.25, 0.3) is 0 Å². The van der Waals surface area contributed by atoms with Crippen LogP contribution in [0.5, 0.6) is 0 Å². The Balaban J connectivity index is 2.82. The van der Waals surface area contributed by atoms with Crippen LogP contribution in [0.4, 0.5) is 5.69 Å². The molecule has 0 atom stereocenters. The average Bonchev–Trinajstić information content (AvgIpc) is 2.84. The number of benzene rings is 1. The molecule has 0 unspecified atom stereocenters. The topological polar surface area (TPSA) is 34.0 Å². The van der Waals surface area contributed by atoms with Crippen LogP contribution < -0.4 is 5.32 Å². The summed E-state index contributed by atoms with van der Waals surface area (Å²) in [5, 5.41) is 4.23. The molecule has 1 amide bonds. The average molecular weight is 423 g/mol. The zero-order valence-corrected chi connectivity index (χ0v) is 19.1. The van der Waals surface area contributed by atoms with Crippen LogP contribution >= 0.6 is 15.9 Å². The number of nitrogens with zero attached hydrogens (tertiary/aromatic N) is 1. The quantitative estimate of drug-likeness (QED) is 0.511. The second-order valence-corrected chi connectivity index (χ2v) is 14.5. The Morgan fingerprint density at radius 1 is 1.12 bits per heavy atom. The highest BCUT2D eigenvalue weighted by atomic mass is 79.9. The SMILES string of the molecule is CCC(=O)Nc1cn([Si](C(C)C)(C(C)C)C(C)C)c2ccc(Br)cc12. The number of carbonyl (C=O) groups is 1. The molecule has 0 aliphatic rings. The maximum atomic E-state index is 12.0. The summed E-state index contributed by atoms with van der Waals surface area (Å²) in [6, 6.07) is 6.41. The van der Waals surface area contributed by atoms with Crippen LogP contribution in [0.15, 0.2) is 28.9 Å². The third-order valence-corrected chi connectivity index (χ3v) is 12.8. The summed E-state index contributed by atoms with van der Waals surface area (Å²) in [5.41, 5.74) is 3.96. The molecule has 5 heteroatoms. The van der Waals surface area contributed by atoms with Gasteiger partial charge in [0.05, 0.1) is 5.69 Å². The number of carbonyl (C=O) groups excluding carboxylic acids is 1. The summed E-state index contributed by atoms with van der Waals surface area (Å²) < 4.78 is 3.59. The maximum Gasteiger partial charge on any atom is 0.224 e. The van der Waals surface area contributed by atoms with Crippen molar-refractivity contribution in [1.29, 1.82) is 0 Å². The molecule has 0 fully saturated rings. The monoisotopic (exact) mass is 422 g/mol. The van der Waals surface area contributed by atoms with E-state index in [1.807, 2.05) is 6.92 Å². The van der Waals surface area contributed by atoms with Crippen molar-refractivity contribution in [2.24, 2.45) is 0 Å². The van der Waals surface area contributed by atoms with Crippen molar-refractivity contribution in [2.75, 3.05) is 5.32 Å². The zero-order chi connectivity index (χ0) is 18.9. The highest BCUT2D eigenvalue weighted by Gasteiger charge is 2.46. The van der Waals surface area contributed by atoms with Crippen LogP contribution in [0, 0.1) is 0 Å². The molecule has 1 N–H and O–H groups in total. The van der Waals surface area contributed by atoms with Crippen LogP contribution in [0.2, 0.25) is 16.6 Å². The third kappa shape index (κ3) is 3.45. The summed E-state index contributed by atoms with van der Waals surface area (Å²) >= 11 is 3.59. The number of hydrogen-bond acceptors (Lipinski definition) is 1. The van der Waals surface area contributed by atoms with E-state index in [1.165, 1.54) is 5.52 Å². The lowest BCUT2D eigenvalue weighted by Gasteiger charge is -2.44. The molecule has 1 aromatic heterocycles. The molecule has 0 aliphatic carbocycles. The van der Waals surface area contributed by atoms with Gasteiger partial charge in [0, 0.05) is 28.0 Å². The summed E-state index contributed by atoms with van der Waals surface area (Å²) in [7, 11) is -1.88. The standard InChI is InChI=1S/C20H31BrN2OSi/c1-8-20(24)22-18-12-23(19-10-9-16(21)11-17(18)19)25(13(2)3,14(4)5)15(6)7/h9-15H,8H2,1-7H3,(H,22,24). The molecule has 25 heavy (non-hydrogen) atoms. The number of amides is 1. The lowest BCUT2D eigenvalue weighted by molar-refractivity contribution is -0.115. The minimum Gasteiger partial charge on any atom is -0.371 e. The summed E-state index contributed by atoms with van der Waals surface area (Å²) in [6.45, 7) is 16.1. The smallest absolute Gasteiger partial charge is 0.224 e. The van der Waals surface area contributed by atoms with Crippen LogP contribution in [0.1, 0.15) is 54.9 Å². The van der Waals surface area contributed by atoms with Gasteiger partial charge in [-0.15, -0.1) is 0 Å². The van der Waals surface area contributed by atoms with Crippen molar-refractivity contribution in [1.82, 2.24) is 4.23 Å². The molecule has 1 heterocycles. The van der Waals surface area contributed by atoms with Gasteiger partial charge in [0.1, 0.15) is 0 Å². The van der Waals surface area contributed by atoms with Crippen molar-refractivity contribution in [3.05, 3.63) is 28.9 Å². The molecule has 0 saturated heterocycles. The van der Waals surface area contributed by atoms with E-state index in [2.05, 4.69) is 91.4 Å². The molecule has 0 bridgehead atoms. The van der Waals surface area contributed by atoms with Crippen molar-refractivity contribution < 1.29 is 4.79 Å². The Morgan fingerprint density at radius 3 is 2.16 bits per heavy atom. The second kappa shape index (κ2) is 7.66. The van der Waals surface area contributed by atoms with E-state index in [4.69, 9.17) is 0 Å². The fraction of sp³-hybridized carbons (Fsp3) is 0.550. The Labute approximate surface area is 161 Å². The maximum absolute atomic E-state index is 12.0. The first-order valence-electron chi connectivity index (χ1n) is 9.27. The van der Waals surface area contributed by atoms with E-state index in [9.17, 15) is 4.79 Å². The largest absolute Gasteiger partial charge is 0.371 e. The van der Waals surface area contributed by atoms with Crippen LogP contribution in [-0.4, -0.2) is 18.4 Å². The van der Waals surface area contributed by atoms with Gasteiger partial charge >= 0.3 is 0 Å². The van der Waals surface area contributed by atoms with E-state index < -0.39 is 8.24 Å². The molecular formula is C20H31BrN2OSi. The molecule has 2 rings (SSSR count). The Bertz CT molecular complexity index is 743.